The summed E-state index contributed by atoms with van der Waals surface area (Å²) in [5, 5.41) is 3.22. The minimum Gasteiger partial charge on any atom is -0.384 e. The van der Waals surface area contributed by atoms with E-state index in [1.165, 1.54) is 6.07 Å². The van der Waals surface area contributed by atoms with Gasteiger partial charge in [-0.2, -0.15) is 0 Å². The van der Waals surface area contributed by atoms with Crippen molar-refractivity contribution in [2.45, 2.75) is 11.3 Å². The third kappa shape index (κ3) is 2.61. The molecule has 4 nitrogen and oxygen atoms in total. The number of hydrogen-bond donors (Lipinski definition) is 2. The van der Waals surface area contributed by atoms with Crippen molar-refractivity contribution in [3.63, 3.8) is 0 Å². The number of nitrogens with one attached hydrogen (secondary N) is 2. The van der Waals surface area contributed by atoms with Crippen LogP contribution in [0.4, 0.5) is 11.4 Å². The summed E-state index contributed by atoms with van der Waals surface area (Å²) < 4.78 is 27.6. The van der Waals surface area contributed by atoms with E-state index in [4.69, 9.17) is 23.2 Å². The van der Waals surface area contributed by atoms with Gasteiger partial charge < -0.3 is 5.32 Å². The van der Waals surface area contributed by atoms with Gasteiger partial charge >= 0.3 is 0 Å². The molecule has 1 aromatic heterocycles. The van der Waals surface area contributed by atoms with E-state index in [1.54, 1.807) is 6.07 Å². The molecule has 0 amide bonds. The number of hydrogen-bond acceptors (Lipinski definition) is 4. The van der Waals surface area contributed by atoms with Gasteiger partial charge in [0.2, 0.25) is 0 Å². The van der Waals surface area contributed by atoms with Gasteiger partial charge in [0.05, 0.1) is 4.34 Å². The number of benzene rings is 1. The summed E-state index contributed by atoms with van der Waals surface area (Å²) in [6.45, 7) is 0.873. The lowest BCUT2D eigenvalue weighted by Gasteiger charge is -2.08. The summed E-state index contributed by atoms with van der Waals surface area (Å²) in [5.41, 5.74) is 2.66. The molecule has 0 unspecified atom stereocenters. The van der Waals surface area contributed by atoms with Crippen LogP contribution in [0.1, 0.15) is 5.56 Å². The molecule has 1 aromatic carbocycles. The van der Waals surface area contributed by atoms with E-state index in [-0.39, 0.29) is 9.23 Å². The Kier molecular flexibility index (Phi) is 3.58. The molecular formula is C12H10Cl2N2O2S2. The van der Waals surface area contributed by atoms with Crippen molar-refractivity contribution >= 4 is 55.9 Å². The Balaban J connectivity index is 1.92. The van der Waals surface area contributed by atoms with Crippen LogP contribution in [-0.2, 0) is 16.4 Å². The maximum atomic E-state index is 12.3. The maximum absolute atomic E-state index is 12.3. The summed E-state index contributed by atoms with van der Waals surface area (Å²) in [6, 6.07) is 6.76. The number of sulfonamides is 1. The van der Waals surface area contributed by atoms with E-state index in [1.807, 2.05) is 12.1 Å². The number of fused-ring (bicyclic) bond motifs is 1. The maximum Gasteiger partial charge on any atom is 0.264 e. The smallest absolute Gasteiger partial charge is 0.264 e. The van der Waals surface area contributed by atoms with E-state index in [0.29, 0.717) is 10.0 Å². The van der Waals surface area contributed by atoms with Gasteiger partial charge in [0.15, 0.2) is 0 Å². The predicted molar refractivity (Wildman–Crippen MR) is 83.8 cm³/mol. The van der Waals surface area contributed by atoms with E-state index in [0.717, 1.165) is 35.6 Å². The monoisotopic (exact) mass is 348 g/mol. The average Bonchev–Trinajstić information content (AvgIpc) is 2.94. The van der Waals surface area contributed by atoms with Gasteiger partial charge in [0.1, 0.15) is 9.23 Å². The fourth-order valence-corrected chi connectivity index (χ4v) is 5.29. The molecule has 0 fully saturated rings. The van der Waals surface area contributed by atoms with Gasteiger partial charge in [0, 0.05) is 17.9 Å². The standard InChI is InChI=1S/C12H10Cl2N2O2S2/c13-11-6-10(12(14)19-11)20(17,18)16-8-1-2-9-7(5-8)3-4-15-9/h1-2,5-6,15-16H,3-4H2. The molecule has 0 bridgehead atoms. The van der Waals surface area contributed by atoms with Gasteiger partial charge in [-0.15, -0.1) is 11.3 Å². The molecule has 2 heterocycles. The second kappa shape index (κ2) is 5.11. The van der Waals surface area contributed by atoms with E-state index in [2.05, 4.69) is 10.0 Å². The van der Waals surface area contributed by atoms with Crippen molar-refractivity contribution in [3.05, 3.63) is 38.5 Å². The zero-order valence-electron chi connectivity index (χ0n) is 10.1. The third-order valence-corrected chi connectivity index (χ3v) is 6.12. The zero-order valence-corrected chi connectivity index (χ0v) is 13.3. The normalized spacial score (nSPS) is 13.9. The third-order valence-electron chi connectivity index (χ3n) is 2.98. The first-order valence-electron chi connectivity index (χ1n) is 5.80. The van der Waals surface area contributed by atoms with Crippen LogP contribution in [0.5, 0.6) is 0 Å². The summed E-state index contributed by atoms with van der Waals surface area (Å²) in [7, 11) is -3.72. The van der Waals surface area contributed by atoms with Gasteiger partial charge in [-0.3, -0.25) is 4.72 Å². The second-order valence-electron chi connectivity index (χ2n) is 4.34. The molecule has 8 heteroatoms. The largest absolute Gasteiger partial charge is 0.384 e. The molecule has 0 saturated carbocycles. The fourth-order valence-electron chi connectivity index (χ4n) is 2.09. The summed E-state index contributed by atoms with van der Waals surface area (Å²) in [5.74, 6) is 0. The Morgan fingerprint density at radius 1 is 1.25 bits per heavy atom. The highest BCUT2D eigenvalue weighted by atomic mass is 35.5. The molecule has 1 aliphatic heterocycles. The first-order valence-corrected chi connectivity index (χ1v) is 8.86. The first kappa shape index (κ1) is 14.0. The van der Waals surface area contributed by atoms with Crippen LogP contribution in [0, 0.1) is 0 Å². The fraction of sp³-hybridized carbons (Fsp3) is 0.167. The van der Waals surface area contributed by atoms with E-state index < -0.39 is 10.0 Å². The van der Waals surface area contributed by atoms with Crippen molar-refractivity contribution in [3.8, 4) is 0 Å². The minimum atomic E-state index is -3.72. The summed E-state index contributed by atoms with van der Waals surface area (Å²) in [6.07, 6.45) is 0.885. The van der Waals surface area contributed by atoms with Crippen molar-refractivity contribution < 1.29 is 8.42 Å². The van der Waals surface area contributed by atoms with Crippen LogP contribution in [0.15, 0.2) is 29.2 Å². The summed E-state index contributed by atoms with van der Waals surface area (Å²) >= 11 is 12.7. The lowest BCUT2D eigenvalue weighted by Crippen LogP contribution is -2.12. The molecule has 20 heavy (non-hydrogen) atoms. The molecule has 0 spiro atoms. The first-order chi connectivity index (χ1) is 9.45. The molecule has 1 aliphatic rings. The van der Waals surface area contributed by atoms with Gasteiger partial charge in [-0.25, -0.2) is 8.42 Å². The van der Waals surface area contributed by atoms with Crippen LogP contribution in [0.2, 0.25) is 8.67 Å². The Morgan fingerprint density at radius 3 is 2.75 bits per heavy atom. The van der Waals surface area contributed by atoms with Crippen molar-refractivity contribution in [2.24, 2.45) is 0 Å². The molecule has 0 saturated heterocycles. The Morgan fingerprint density at radius 2 is 2.05 bits per heavy atom. The molecule has 2 aromatic rings. The predicted octanol–water partition coefficient (Wildman–Crippen LogP) is 3.82. The zero-order chi connectivity index (χ0) is 14.3. The number of halogens is 2. The second-order valence-corrected chi connectivity index (χ2v) is 8.28. The molecule has 0 radical (unpaired) electrons. The highest BCUT2D eigenvalue weighted by Crippen LogP contribution is 2.35. The number of thiophene rings is 1. The van der Waals surface area contributed by atoms with Gasteiger partial charge in [-0.1, -0.05) is 23.2 Å². The number of rotatable bonds is 3. The van der Waals surface area contributed by atoms with Gasteiger partial charge in [0.25, 0.3) is 10.0 Å². The SMILES string of the molecule is O=S(=O)(Nc1ccc2c(c1)CCN2)c1cc(Cl)sc1Cl. The van der Waals surface area contributed by atoms with E-state index >= 15 is 0 Å². The van der Waals surface area contributed by atoms with Crippen LogP contribution in [0.3, 0.4) is 0 Å². The van der Waals surface area contributed by atoms with Crippen molar-refractivity contribution in [1.82, 2.24) is 0 Å². The van der Waals surface area contributed by atoms with Crippen LogP contribution in [0.25, 0.3) is 0 Å². The van der Waals surface area contributed by atoms with Crippen LogP contribution in [-0.4, -0.2) is 15.0 Å². The molecular weight excluding hydrogens is 339 g/mol. The van der Waals surface area contributed by atoms with Crippen LogP contribution >= 0.6 is 34.5 Å². The molecule has 0 aliphatic carbocycles. The Bertz CT molecular complexity index is 772. The molecule has 3 rings (SSSR count). The Labute approximate surface area is 130 Å². The lowest BCUT2D eigenvalue weighted by atomic mass is 10.1. The Hall–Kier alpha value is -0.950. The number of anilines is 2. The molecule has 106 valence electrons. The minimum absolute atomic E-state index is 0.00721. The molecule has 0 atom stereocenters. The lowest BCUT2D eigenvalue weighted by molar-refractivity contribution is 0.601. The van der Waals surface area contributed by atoms with E-state index in [9.17, 15) is 8.42 Å². The van der Waals surface area contributed by atoms with Crippen molar-refractivity contribution in [2.75, 3.05) is 16.6 Å². The highest BCUT2D eigenvalue weighted by molar-refractivity contribution is 7.93. The average molecular weight is 349 g/mol. The van der Waals surface area contributed by atoms with Crippen molar-refractivity contribution in [1.29, 1.82) is 0 Å². The van der Waals surface area contributed by atoms with Gasteiger partial charge in [-0.05, 0) is 36.2 Å². The quantitative estimate of drug-likeness (QED) is 0.886. The topological polar surface area (TPSA) is 58.2 Å². The highest BCUT2D eigenvalue weighted by Gasteiger charge is 2.21. The summed E-state index contributed by atoms with van der Waals surface area (Å²) in [4.78, 5) is 0.00721. The van der Waals surface area contributed by atoms with Crippen LogP contribution < -0.4 is 10.0 Å². The molecule has 2 N–H and O–H groups in total.